The van der Waals surface area contributed by atoms with E-state index in [2.05, 4.69) is 15.6 Å². The molecule has 0 bridgehead atoms. The lowest BCUT2D eigenvalue weighted by molar-refractivity contribution is -0.385. The number of aliphatic hydroxyl groups is 1. The fourth-order valence-corrected chi connectivity index (χ4v) is 3.83. The molecule has 3 amide bonds. The van der Waals surface area contributed by atoms with Crippen LogP contribution in [0.5, 0.6) is 0 Å². The Morgan fingerprint density at radius 2 is 1.94 bits per heavy atom. The maximum Gasteiger partial charge on any atom is 0.434 e. The lowest BCUT2D eigenvalue weighted by Crippen LogP contribution is -2.54. The van der Waals surface area contributed by atoms with Crippen molar-refractivity contribution < 1.29 is 33.2 Å². The maximum absolute atomic E-state index is 13.4. The predicted octanol–water partition coefficient (Wildman–Crippen LogP) is 0.352. The lowest BCUT2D eigenvalue weighted by Gasteiger charge is -2.31. The minimum absolute atomic E-state index is 0.0194. The summed E-state index contributed by atoms with van der Waals surface area (Å²) in [5.41, 5.74) is 5.91. The molecule has 3 heterocycles. The summed E-state index contributed by atoms with van der Waals surface area (Å²) in [6.07, 6.45) is 1.91. The summed E-state index contributed by atoms with van der Waals surface area (Å²) in [6.45, 7) is 3.61. The zero-order chi connectivity index (χ0) is 25.5. The minimum atomic E-state index is -0.975. The highest BCUT2D eigenvalue weighted by Gasteiger charge is 2.52. The molecule has 35 heavy (non-hydrogen) atoms. The smallest absolute Gasteiger partial charge is 0.434 e. The highest BCUT2D eigenvalue weighted by atomic mass is 19.1. The van der Waals surface area contributed by atoms with Crippen LogP contribution in [0.3, 0.4) is 0 Å². The molecule has 182 valence electrons. The molecule has 0 saturated heterocycles. The first-order valence-electron chi connectivity index (χ1n) is 10.8. The molecule has 1 aromatic carbocycles. The van der Waals surface area contributed by atoms with Crippen LogP contribution in [0.2, 0.25) is 0 Å². The van der Waals surface area contributed by atoms with Crippen LogP contribution in [0.15, 0.2) is 64.3 Å². The monoisotopic (exact) mass is 482 g/mol. The molecule has 10 nitrogen and oxygen atoms in total. The van der Waals surface area contributed by atoms with Crippen molar-refractivity contribution in [2.75, 3.05) is 13.6 Å². The van der Waals surface area contributed by atoms with Gasteiger partial charge in [0, 0.05) is 30.9 Å². The van der Waals surface area contributed by atoms with Crippen LogP contribution >= 0.6 is 0 Å². The predicted molar refractivity (Wildman–Crippen MR) is 124 cm³/mol. The summed E-state index contributed by atoms with van der Waals surface area (Å²) in [5, 5.41) is 15.8. The fourth-order valence-electron chi connectivity index (χ4n) is 3.83. The molecule has 3 aliphatic heterocycles. The van der Waals surface area contributed by atoms with E-state index < -0.39 is 40.7 Å². The highest BCUT2D eigenvalue weighted by Crippen LogP contribution is 2.30. The molecular weight excluding hydrogens is 457 g/mol. The molecule has 0 spiro atoms. The summed E-state index contributed by atoms with van der Waals surface area (Å²) < 4.78 is 20.5. The molecule has 0 fully saturated rings. The number of nitrogens with zero attached hydrogens (tertiary/aromatic N) is 2. The normalized spacial score (nSPS) is 19.3. The molecule has 1 aromatic rings. The van der Waals surface area contributed by atoms with Crippen molar-refractivity contribution in [3.8, 4) is 0 Å². The number of hydrogen-bond donors (Lipinski definition) is 4. The molecule has 0 saturated carbocycles. The zero-order valence-electron chi connectivity index (χ0n) is 19.4. The summed E-state index contributed by atoms with van der Waals surface area (Å²) in [5.74, 6) is -3.41. The van der Waals surface area contributed by atoms with Gasteiger partial charge >= 0.3 is 5.91 Å². The third-order valence-corrected chi connectivity index (χ3v) is 5.79. The number of benzene rings is 1. The van der Waals surface area contributed by atoms with Crippen molar-refractivity contribution >= 4 is 29.1 Å². The molecule has 1 atom stereocenters. The van der Waals surface area contributed by atoms with Gasteiger partial charge < -0.3 is 26.2 Å². The Morgan fingerprint density at radius 3 is 2.57 bits per heavy atom. The third-order valence-electron chi connectivity index (χ3n) is 5.79. The van der Waals surface area contributed by atoms with Gasteiger partial charge in [0.05, 0.1) is 0 Å². The zero-order valence-corrected chi connectivity index (χ0v) is 19.4. The van der Waals surface area contributed by atoms with Crippen LogP contribution in [-0.4, -0.2) is 64.1 Å². The molecule has 0 aliphatic carbocycles. The second-order valence-corrected chi connectivity index (χ2v) is 8.88. The molecule has 0 aromatic heterocycles. The Bertz CT molecular complexity index is 1290. The van der Waals surface area contributed by atoms with Crippen LogP contribution in [-0.2, 0) is 25.5 Å². The molecule has 1 unspecified atom stereocenters. The van der Waals surface area contributed by atoms with Gasteiger partial charge in [0.2, 0.25) is 12.3 Å². The topological polar surface area (TPSA) is 146 Å². The quantitative estimate of drug-likeness (QED) is 0.340. The van der Waals surface area contributed by atoms with E-state index in [0.717, 1.165) is 10.1 Å². The number of carbonyl (C=O) groups excluding carboxylic acids is 3. The van der Waals surface area contributed by atoms with Crippen molar-refractivity contribution in [2.24, 2.45) is 10.7 Å². The third kappa shape index (κ3) is 4.37. The van der Waals surface area contributed by atoms with Crippen LogP contribution in [0.25, 0.3) is 0 Å². The number of aliphatic imine (C=N–C) groups is 1. The van der Waals surface area contributed by atoms with Crippen molar-refractivity contribution in [2.45, 2.75) is 31.9 Å². The first-order chi connectivity index (χ1) is 16.6. The van der Waals surface area contributed by atoms with E-state index in [0.29, 0.717) is 5.57 Å². The van der Waals surface area contributed by atoms with Gasteiger partial charge in [-0.05, 0) is 38.0 Å². The van der Waals surface area contributed by atoms with Gasteiger partial charge in [-0.15, -0.1) is 4.58 Å². The molecule has 11 heteroatoms. The average molecular weight is 482 g/mol. The first kappa shape index (κ1) is 24.0. The highest BCUT2D eigenvalue weighted by molar-refractivity contribution is 6.52. The van der Waals surface area contributed by atoms with E-state index in [4.69, 9.17) is 10.5 Å². The number of ether oxygens (including phenoxy) is 1. The van der Waals surface area contributed by atoms with Gasteiger partial charge in [0.15, 0.2) is 17.0 Å². The average Bonchev–Trinajstić information content (AvgIpc) is 2.83. The van der Waals surface area contributed by atoms with E-state index in [9.17, 15) is 23.9 Å². The number of nitrogens with two attached hydrogens (primary N) is 1. The number of amides is 3. The van der Waals surface area contributed by atoms with Gasteiger partial charge in [-0.1, -0.05) is 12.1 Å². The van der Waals surface area contributed by atoms with E-state index >= 15 is 0 Å². The van der Waals surface area contributed by atoms with E-state index in [1.807, 2.05) is 0 Å². The summed E-state index contributed by atoms with van der Waals surface area (Å²) in [4.78, 5) is 42.9. The second-order valence-electron chi connectivity index (χ2n) is 8.88. The van der Waals surface area contributed by atoms with Crippen molar-refractivity contribution in [3.63, 3.8) is 0 Å². The van der Waals surface area contributed by atoms with Crippen LogP contribution in [0, 0.1) is 5.82 Å². The van der Waals surface area contributed by atoms with Gasteiger partial charge in [-0.2, -0.15) is 0 Å². The number of hydrogen-bond acceptors (Lipinski definition) is 7. The first-order valence-corrected chi connectivity index (χ1v) is 10.8. The molecular formula is C24H25FN5O5+. The van der Waals surface area contributed by atoms with Crippen LogP contribution in [0.4, 0.5) is 4.39 Å². The minimum Gasteiger partial charge on any atom is -0.504 e. The fraction of sp³-hybridized carbons (Fsp3) is 0.292. The molecule has 4 rings (SSSR count). The molecule has 0 radical (unpaired) electrons. The molecule has 5 N–H and O–H groups in total. The number of rotatable bonds is 6. The number of carbonyl (C=O) groups is 3. The Balaban J connectivity index is 1.82. The standard InChI is InChI=1S/C24H24FN5O5/c1-24(2,11-26)29-21(32)15-10-30-18-17(19(31)16(23(30)34)22(33)27-3)28-9-13(20(18)35-15)8-12-4-6-14(25)7-5-12/h4-7,9-10,20H,8,11,26H2,1-3H3,(H2-,27,29,31,32,33,34)/p+1. The summed E-state index contributed by atoms with van der Waals surface area (Å²) in [6, 6.07) is 5.83. The number of likely N-dealkylation sites (N-methyl/N-ethyl adjacent to an activating group) is 1. The Morgan fingerprint density at radius 1 is 1.26 bits per heavy atom. The Kier molecular flexibility index (Phi) is 6.12. The van der Waals surface area contributed by atoms with Gasteiger partial charge in [-0.3, -0.25) is 9.59 Å². The SMILES string of the molecule is CNC(=O)C1=C(O)C2=NC=C(Cc3ccc(F)cc3)C3OC(C(=O)NC(C)(C)CN)=C[N+](=C23)C1=O. The van der Waals surface area contributed by atoms with Crippen molar-refractivity contribution in [1.82, 2.24) is 10.6 Å². The maximum atomic E-state index is 13.4. The number of allylic oxidation sites excluding steroid dienone is 1. The van der Waals surface area contributed by atoms with Gasteiger partial charge in [0.1, 0.15) is 5.82 Å². The van der Waals surface area contributed by atoms with E-state index in [-0.39, 0.29) is 36.0 Å². The van der Waals surface area contributed by atoms with Gasteiger partial charge in [-0.25, -0.2) is 14.2 Å². The van der Waals surface area contributed by atoms with Crippen molar-refractivity contribution in [3.05, 3.63) is 70.7 Å². The van der Waals surface area contributed by atoms with E-state index in [1.165, 1.54) is 31.6 Å². The van der Waals surface area contributed by atoms with Gasteiger partial charge in [0.25, 0.3) is 23.3 Å². The number of aliphatic hydroxyl groups excluding tert-OH is 1. The number of halogens is 1. The van der Waals surface area contributed by atoms with Crippen LogP contribution < -0.4 is 16.4 Å². The molecule has 3 aliphatic rings. The lowest BCUT2D eigenvalue weighted by atomic mass is 9.89. The van der Waals surface area contributed by atoms with Crippen molar-refractivity contribution in [1.29, 1.82) is 0 Å². The number of nitrogens with one attached hydrogen (secondary N) is 2. The largest absolute Gasteiger partial charge is 0.504 e. The Labute approximate surface area is 200 Å². The van der Waals surface area contributed by atoms with Crippen LogP contribution in [0.1, 0.15) is 19.4 Å². The second kappa shape index (κ2) is 8.91. The Hall–Kier alpha value is -4.12. The summed E-state index contributed by atoms with van der Waals surface area (Å²) >= 11 is 0. The van der Waals surface area contributed by atoms with E-state index in [1.54, 1.807) is 26.0 Å². The summed E-state index contributed by atoms with van der Waals surface area (Å²) in [7, 11) is 1.32.